The Morgan fingerprint density at radius 2 is 1.65 bits per heavy atom. The number of carboxylic acid groups (broad SMARTS) is 1. The van der Waals surface area contributed by atoms with Crippen LogP contribution in [-0.2, 0) is 25.7 Å². The number of rotatable bonds is 9. The molecule has 0 spiro atoms. The number of aliphatic hydroxyl groups excluding tert-OH is 1. The van der Waals surface area contributed by atoms with Gasteiger partial charge in [0.2, 0.25) is 5.91 Å². The van der Waals surface area contributed by atoms with Crippen molar-refractivity contribution in [1.29, 1.82) is 0 Å². The molecule has 2 fully saturated rings. The Bertz CT molecular complexity index is 1020. The molecule has 8 nitrogen and oxygen atoms in total. The molecule has 3 atom stereocenters. The van der Waals surface area contributed by atoms with Gasteiger partial charge in [0.1, 0.15) is 0 Å². The smallest absolute Gasteiger partial charge is 0.303 e. The highest BCUT2D eigenvalue weighted by molar-refractivity contribution is 5.92. The number of carboxylic acids is 1. The minimum absolute atomic E-state index is 0.000101. The summed E-state index contributed by atoms with van der Waals surface area (Å²) < 4.78 is 12.9. The average Bonchev–Trinajstić information content (AvgIpc) is 2.89. The molecule has 37 heavy (non-hydrogen) atoms. The molecule has 2 saturated heterocycles. The number of aliphatic carboxylic acids is 1. The van der Waals surface area contributed by atoms with Crippen LogP contribution in [-0.4, -0.2) is 52.7 Å². The van der Waals surface area contributed by atoms with Crippen LogP contribution in [0.1, 0.15) is 80.5 Å². The van der Waals surface area contributed by atoms with Crippen molar-refractivity contribution in [2.45, 2.75) is 76.5 Å². The number of hydrogen-bond acceptors (Lipinski definition) is 6. The predicted octanol–water partition coefficient (Wildman–Crippen LogP) is 4.79. The van der Waals surface area contributed by atoms with Gasteiger partial charge in [0.15, 0.2) is 6.29 Å². The van der Waals surface area contributed by atoms with Crippen molar-refractivity contribution in [2.75, 3.05) is 25.0 Å². The number of carbonyl (C=O) groups excluding carboxylic acids is 1. The van der Waals surface area contributed by atoms with Crippen LogP contribution in [0.5, 0.6) is 0 Å². The van der Waals surface area contributed by atoms with Crippen molar-refractivity contribution in [2.24, 2.45) is 0 Å². The summed E-state index contributed by atoms with van der Waals surface area (Å²) in [7, 11) is 0. The molecular formula is C29H38N2O6. The van der Waals surface area contributed by atoms with Gasteiger partial charge in [-0.15, -0.1) is 0 Å². The average molecular weight is 511 g/mol. The van der Waals surface area contributed by atoms with E-state index < -0.39 is 12.3 Å². The maximum atomic E-state index is 12.2. The fourth-order valence-electron chi connectivity index (χ4n) is 5.02. The Kier molecular flexibility index (Phi) is 10.1. The van der Waals surface area contributed by atoms with E-state index in [0.29, 0.717) is 5.69 Å². The first-order valence-corrected chi connectivity index (χ1v) is 13.3. The third-order valence-electron chi connectivity index (χ3n) is 7.03. The second kappa shape index (κ2) is 13.7. The first kappa shape index (κ1) is 27.3. The van der Waals surface area contributed by atoms with Crippen LogP contribution >= 0.6 is 0 Å². The fourth-order valence-corrected chi connectivity index (χ4v) is 5.02. The Morgan fingerprint density at radius 3 is 2.35 bits per heavy atom. The van der Waals surface area contributed by atoms with Crippen molar-refractivity contribution in [3.63, 3.8) is 0 Å². The minimum Gasteiger partial charge on any atom is -0.481 e. The van der Waals surface area contributed by atoms with Gasteiger partial charge in [0, 0.05) is 30.6 Å². The van der Waals surface area contributed by atoms with E-state index in [9.17, 15) is 14.7 Å². The van der Waals surface area contributed by atoms with Crippen LogP contribution in [0.4, 0.5) is 5.69 Å². The molecule has 2 aliphatic heterocycles. The Balaban J connectivity index is 1.50. The molecule has 4 rings (SSSR count). The first-order chi connectivity index (χ1) is 18.0. The summed E-state index contributed by atoms with van der Waals surface area (Å²) in [6, 6.07) is 15.2. The van der Waals surface area contributed by atoms with Crippen molar-refractivity contribution in [3.8, 4) is 0 Å². The number of nitrogens with one attached hydrogen (secondary N) is 1. The molecule has 0 aliphatic carbocycles. The Morgan fingerprint density at radius 1 is 0.919 bits per heavy atom. The van der Waals surface area contributed by atoms with Crippen LogP contribution in [0.25, 0.3) is 0 Å². The molecule has 3 N–H and O–H groups in total. The lowest BCUT2D eigenvalue weighted by Crippen LogP contribution is -2.40. The van der Waals surface area contributed by atoms with E-state index in [4.69, 9.17) is 14.6 Å². The van der Waals surface area contributed by atoms with Crippen LogP contribution in [0.3, 0.4) is 0 Å². The van der Waals surface area contributed by atoms with Gasteiger partial charge in [-0.1, -0.05) is 55.7 Å². The van der Waals surface area contributed by atoms with Crippen LogP contribution in [0.15, 0.2) is 48.5 Å². The number of carbonyl (C=O) groups is 2. The highest BCUT2D eigenvalue weighted by atomic mass is 16.7. The number of amides is 1. The van der Waals surface area contributed by atoms with E-state index in [0.717, 1.165) is 42.7 Å². The number of nitrogens with zero attached hydrogens (tertiary/aromatic N) is 1. The summed E-state index contributed by atoms with van der Waals surface area (Å²) in [4.78, 5) is 25.5. The number of likely N-dealkylation sites (tertiary alicyclic amines) is 1. The molecular weight excluding hydrogens is 472 g/mol. The summed E-state index contributed by atoms with van der Waals surface area (Å²) in [6.07, 6.45) is 5.94. The summed E-state index contributed by atoms with van der Waals surface area (Å²) in [5, 5.41) is 21.0. The molecule has 0 unspecified atom stereocenters. The number of benzene rings is 2. The molecule has 2 aliphatic rings. The van der Waals surface area contributed by atoms with E-state index in [2.05, 4.69) is 10.2 Å². The highest BCUT2D eigenvalue weighted by Gasteiger charge is 2.33. The maximum Gasteiger partial charge on any atom is 0.303 e. The topological polar surface area (TPSA) is 108 Å². The second-order valence-corrected chi connectivity index (χ2v) is 9.99. The van der Waals surface area contributed by atoms with Gasteiger partial charge >= 0.3 is 5.97 Å². The largest absolute Gasteiger partial charge is 0.481 e. The molecule has 2 aromatic carbocycles. The monoisotopic (exact) mass is 510 g/mol. The van der Waals surface area contributed by atoms with E-state index >= 15 is 0 Å². The quantitative estimate of drug-likeness (QED) is 0.445. The first-order valence-electron chi connectivity index (χ1n) is 13.3. The molecule has 200 valence electrons. The third-order valence-corrected chi connectivity index (χ3v) is 7.03. The van der Waals surface area contributed by atoms with Crippen LogP contribution in [0.2, 0.25) is 0 Å². The zero-order chi connectivity index (χ0) is 26.0. The molecule has 0 radical (unpaired) electrons. The lowest BCUT2D eigenvalue weighted by atomic mass is 9.99. The van der Waals surface area contributed by atoms with Crippen molar-refractivity contribution in [1.82, 2.24) is 4.90 Å². The van der Waals surface area contributed by atoms with Gasteiger partial charge in [0.25, 0.3) is 0 Å². The summed E-state index contributed by atoms with van der Waals surface area (Å²) in [5.74, 6) is -1.35. The van der Waals surface area contributed by atoms with Crippen LogP contribution < -0.4 is 5.32 Å². The molecule has 0 bridgehead atoms. The highest BCUT2D eigenvalue weighted by Crippen LogP contribution is 2.38. The lowest BCUT2D eigenvalue weighted by Gasteiger charge is -2.39. The number of hydrogen-bond donors (Lipinski definition) is 3. The van der Waals surface area contributed by atoms with Gasteiger partial charge in [-0.3, -0.25) is 9.59 Å². The minimum atomic E-state index is -1.00. The third kappa shape index (κ3) is 8.36. The van der Waals surface area contributed by atoms with E-state index in [-0.39, 0.29) is 37.6 Å². The Labute approximate surface area is 218 Å². The molecule has 2 heterocycles. The van der Waals surface area contributed by atoms with Gasteiger partial charge < -0.3 is 29.9 Å². The SMILES string of the molecule is O=C(O)CCC(=O)Nc1cccc([C@H]2O[C@@H](CN3CCCCCCC3)C[C@@H](c3ccc(CO)cc3)O2)c1. The van der Waals surface area contributed by atoms with E-state index in [1.807, 2.05) is 42.5 Å². The number of aliphatic hydroxyl groups is 1. The lowest BCUT2D eigenvalue weighted by molar-refractivity contribution is -0.253. The number of ether oxygens (including phenoxy) is 2. The summed E-state index contributed by atoms with van der Waals surface area (Å²) in [5.41, 5.74) is 3.28. The molecule has 0 aromatic heterocycles. The van der Waals surface area contributed by atoms with Crippen LogP contribution in [0, 0.1) is 0 Å². The molecule has 0 saturated carbocycles. The van der Waals surface area contributed by atoms with E-state index in [1.54, 1.807) is 6.07 Å². The zero-order valence-corrected chi connectivity index (χ0v) is 21.3. The van der Waals surface area contributed by atoms with Gasteiger partial charge in [-0.2, -0.15) is 0 Å². The number of anilines is 1. The maximum absolute atomic E-state index is 12.2. The van der Waals surface area contributed by atoms with Crippen molar-refractivity contribution >= 4 is 17.6 Å². The molecule has 2 aromatic rings. The standard InChI is InChI=1S/C29H38N2O6/c32-20-21-9-11-22(12-10-21)26-18-25(19-31-15-4-2-1-3-5-16-31)36-29(37-26)23-7-6-8-24(17-23)30-27(33)13-14-28(34)35/h6-12,17,25-26,29,32H,1-5,13-16,18-20H2,(H,30,33)(H,34,35)/t25-,26+,29+/m1/s1. The molecule has 8 heteroatoms. The van der Waals surface area contributed by atoms with Gasteiger partial charge in [-0.05, 0) is 49.2 Å². The Hall–Kier alpha value is -2.78. The van der Waals surface area contributed by atoms with Crippen molar-refractivity contribution < 1.29 is 29.3 Å². The fraction of sp³-hybridized carbons (Fsp3) is 0.517. The zero-order valence-electron chi connectivity index (χ0n) is 21.3. The van der Waals surface area contributed by atoms with Gasteiger partial charge in [-0.25, -0.2) is 0 Å². The second-order valence-electron chi connectivity index (χ2n) is 9.99. The summed E-state index contributed by atoms with van der Waals surface area (Å²) in [6.45, 7) is 3.01. The van der Waals surface area contributed by atoms with E-state index in [1.165, 1.54) is 32.1 Å². The van der Waals surface area contributed by atoms with Gasteiger partial charge in [0.05, 0.1) is 25.2 Å². The predicted molar refractivity (Wildman–Crippen MR) is 140 cm³/mol. The normalized spacial score (nSPS) is 23.1. The summed E-state index contributed by atoms with van der Waals surface area (Å²) >= 11 is 0. The molecule has 1 amide bonds. The van der Waals surface area contributed by atoms with Crippen molar-refractivity contribution in [3.05, 3.63) is 65.2 Å².